The number of hydrogen-bond acceptors (Lipinski definition) is 3. The lowest BCUT2D eigenvalue weighted by Gasteiger charge is -2.64. The van der Waals surface area contributed by atoms with E-state index in [1.54, 1.807) is 0 Å². The van der Waals surface area contributed by atoms with Gasteiger partial charge in [-0.2, -0.15) is 10.2 Å². The van der Waals surface area contributed by atoms with Crippen molar-refractivity contribution in [3.8, 4) is 0 Å². The highest BCUT2D eigenvalue weighted by atomic mass is 16.3. The predicted molar refractivity (Wildman–Crippen MR) is 48.2 cm³/mol. The lowest BCUT2D eigenvalue weighted by Crippen LogP contribution is -2.68. The van der Waals surface area contributed by atoms with Crippen molar-refractivity contribution in [1.29, 1.82) is 0 Å². The van der Waals surface area contributed by atoms with Crippen molar-refractivity contribution in [3.63, 3.8) is 0 Å². The molecule has 3 saturated carbocycles. The van der Waals surface area contributed by atoms with Crippen LogP contribution in [0.3, 0.4) is 0 Å². The summed E-state index contributed by atoms with van der Waals surface area (Å²) in [6.07, 6.45) is 2.12. The van der Waals surface area contributed by atoms with E-state index in [-0.39, 0.29) is 0 Å². The topological polar surface area (TPSA) is 45.0 Å². The quantitative estimate of drug-likeness (QED) is 0.608. The number of rotatable bonds is 0. The van der Waals surface area contributed by atoms with Crippen LogP contribution in [-0.2, 0) is 0 Å². The first-order valence-corrected chi connectivity index (χ1v) is 5.07. The third-order valence-corrected chi connectivity index (χ3v) is 4.83. The van der Waals surface area contributed by atoms with Gasteiger partial charge >= 0.3 is 0 Å². The second-order valence-electron chi connectivity index (χ2n) is 5.67. The van der Waals surface area contributed by atoms with Gasteiger partial charge in [0.1, 0.15) is 5.60 Å². The Morgan fingerprint density at radius 3 is 2.23 bits per heavy atom. The molecule has 0 aromatic rings. The third-order valence-electron chi connectivity index (χ3n) is 4.83. The van der Waals surface area contributed by atoms with Crippen LogP contribution >= 0.6 is 0 Å². The highest BCUT2D eigenvalue weighted by molar-refractivity contribution is 5.23. The molecule has 0 aromatic carbocycles. The van der Waals surface area contributed by atoms with Crippen molar-refractivity contribution in [3.05, 3.63) is 0 Å². The van der Waals surface area contributed by atoms with E-state index in [0.717, 1.165) is 12.8 Å². The van der Waals surface area contributed by atoms with Gasteiger partial charge in [-0.05, 0) is 30.6 Å². The maximum absolute atomic E-state index is 10.4. The van der Waals surface area contributed by atoms with E-state index >= 15 is 0 Å². The van der Waals surface area contributed by atoms with Crippen molar-refractivity contribution in [2.45, 2.75) is 44.9 Å². The van der Waals surface area contributed by atoms with Crippen LogP contribution in [0.25, 0.3) is 0 Å². The van der Waals surface area contributed by atoms with Gasteiger partial charge in [-0.3, -0.25) is 0 Å². The fraction of sp³-hybridized carbons (Fsp3) is 1.00. The summed E-state index contributed by atoms with van der Waals surface area (Å²) in [7, 11) is 0. The summed E-state index contributed by atoms with van der Waals surface area (Å²) in [6, 6.07) is 0. The fourth-order valence-corrected chi connectivity index (χ4v) is 3.49. The Balaban J connectivity index is 1.99. The molecule has 1 aliphatic heterocycles. The average Bonchev–Trinajstić information content (AvgIpc) is 2.75. The maximum atomic E-state index is 10.4. The molecule has 3 aliphatic carbocycles. The lowest BCUT2D eigenvalue weighted by atomic mass is 9.42. The molecule has 1 heterocycles. The van der Waals surface area contributed by atoms with Crippen molar-refractivity contribution in [2.75, 3.05) is 0 Å². The van der Waals surface area contributed by atoms with Crippen LogP contribution in [0.15, 0.2) is 10.2 Å². The summed E-state index contributed by atoms with van der Waals surface area (Å²) in [6.45, 7) is 6.43. The summed E-state index contributed by atoms with van der Waals surface area (Å²) in [5.41, 5.74) is -0.788. The Bertz CT molecular complexity index is 300. The average molecular weight is 180 g/mol. The molecule has 0 amide bonds. The SMILES string of the molecule is CC1(C)C2CC1[C@](C)(O)C1(C2)N=N1. The normalized spacial score (nSPS) is 53.2. The Morgan fingerprint density at radius 1 is 1.23 bits per heavy atom. The van der Waals surface area contributed by atoms with E-state index in [2.05, 4.69) is 24.1 Å². The molecule has 1 spiro atoms. The molecule has 1 N–H and O–H groups in total. The molecule has 0 saturated heterocycles. The minimum Gasteiger partial charge on any atom is -0.385 e. The maximum Gasteiger partial charge on any atom is 0.219 e. The lowest BCUT2D eigenvalue weighted by molar-refractivity contribution is -0.215. The van der Waals surface area contributed by atoms with Gasteiger partial charge in [-0.1, -0.05) is 13.8 Å². The molecule has 2 unspecified atom stereocenters. The first-order valence-electron chi connectivity index (χ1n) is 5.07. The first kappa shape index (κ1) is 7.92. The van der Waals surface area contributed by atoms with Crippen LogP contribution in [0, 0.1) is 17.3 Å². The van der Waals surface area contributed by atoms with E-state index < -0.39 is 11.3 Å². The standard InChI is InChI=1S/C10H16N2O/c1-8(2)6-4-7(8)9(3,13)10(5-6)11-12-10/h6-7,13H,4-5H2,1-3H3/t6?,7?,9-/m0/s1. The largest absolute Gasteiger partial charge is 0.385 e. The van der Waals surface area contributed by atoms with Crippen molar-refractivity contribution < 1.29 is 5.11 Å². The van der Waals surface area contributed by atoms with Gasteiger partial charge in [-0.25, -0.2) is 0 Å². The van der Waals surface area contributed by atoms with Crippen molar-refractivity contribution in [1.82, 2.24) is 0 Å². The molecule has 13 heavy (non-hydrogen) atoms. The molecule has 3 atom stereocenters. The van der Waals surface area contributed by atoms with Gasteiger partial charge in [0.05, 0.1) is 0 Å². The van der Waals surface area contributed by atoms with Crippen LogP contribution in [0.4, 0.5) is 0 Å². The summed E-state index contributed by atoms with van der Waals surface area (Å²) in [4.78, 5) is 0. The first-order chi connectivity index (χ1) is 5.90. The second kappa shape index (κ2) is 1.70. The molecule has 0 aromatic heterocycles. The number of nitrogens with zero attached hydrogens (tertiary/aromatic N) is 2. The zero-order valence-electron chi connectivity index (χ0n) is 8.41. The van der Waals surface area contributed by atoms with Crippen LogP contribution in [0.1, 0.15) is 33.6 Å². The highest BCUT2D eigenvalue weighted by Gasteiger charge is 2.73. The Kier molecular flexibility index (Phi) is 1.03. The van der Waals surface area contributed by atoms with Gasteiger partial charge in [-0.15, -0.1) is 0 Å². The molecular formula is C10H16N2O. The Hall–Kier alpha value is -0.440. The molecule has 3 heteroatoms. The molecule has 2 bridgehead atoms. The Morgan fingerprint density at radius 2 is 1.85 bits per heavy atom. The van der Waals surface area contributed by atoms with Crippen LogP contribution < -0.4 is 0 Å². The highest BCUT2D eigenvalue weighted by Crippen LogP contribution is 2.69. The van der Waals surface area contributed by atoms with Gasteiger partial charge in [0.25, 0.3) is 0 Å². The summed E-state index contributed by atoms with van der Waals surface area (Å²) in [5.74, 6) is 1.10. The van der Waals surface area contributed by atoms with E-state index in [9.17, 15) is 5.11 Å². The van der Waals surface area contributed by atoms with E-state index in [4.69, 9.17) is 0 Å². The molecule has 4 rings (SSSR count). The molecule has 0 radical (unpaired) electrons. The smallest absolute Gasteiger partial charge is 0.219 e. The van der Waals surface area contributed by atoms with E-state index in [0.29, 0.717) is 17.3 Å². The Labute approximate surface area is 78.2 Å². The summed E-state index contributed by atoms with van der Waals surface area (Å²) in [5, 5.41) is 18.6. The minimum atomic E-state index is -0.689. The molecule has 72 valence electrons. The molecular weight excluding hydrogens is 164 g/mol. The van der Waals surface area contributed by atoms with E-state index in [1.807, 2.05) is 6.92 Å². The predicted octanol–water partition coefficient (Wildman–Crippen LogP) is 1.97. The zero-order chi connectivity index (χ0) is 9.48. The van der Waals surface area contributed by atoms with Crippen molar-refractivity contribution >= 4 is 0 Å². The van der Waals surface area contributed by atoms with Gasteiger partial charge in [0.15, 0.2) is 0 Å². The molecule has 4 aliphatic rings. The van der Waals surface area contributed by atoms with Gasteiger partial charge in [0, 0.05) is 6.42 Å². The molecule has 3 nitrogen and oxygen atoms in total. The van der Waals surface area contributed by atoms with E-state index in [1.165, 1.54) is 0 Å². The number of aliphatic hydroxyl groups is 1. The third kappa shape index (κ3) is 0.642. The minimum absolute atomic E-state index is 0.294. The second-order valence-corrected chi connectivity index (χ2v) is 5.67. The van der Waals surface area contributed by atoms with Gasteiger partial charge < -0.3 is 5.11 Å². The summed E-state index contributed by atoms with van der Waals surface area (Å²) >= 11 is 0. The van der Waals surface area contributed by atoms with Crippen LogP contribution in [0.2, 0.25) is 0 Å². The van der Waals surface area contributed by atoms with Crippen LogP contribution in [0.5, 0.6) is 0 Å². The monoisotopic (exact) mass is 180 g/mol. The van der Waals surface area contributed by atoms with Crippen LogP contribution in [-0.4, -0.2) is 16.4 Å². The zero-order valence-corrected chi connectivity index (χ0v) is 8.41. The fourth-order valence-electron chi connectivity index (χ4n) is 3.49. The number of hydrogen-bond donors (Lipinski definition) is 1. The van der Waals surface area contributed by atoms with Crippen molar-refractivity contribution in [2.24, 2.45) is 27.5 Å². The van der Waals surface area contributed by atoms with Gasteiger partial charge in [0.2, 0.25) is 5.66 Å². The molecule has 3 fully saturated rings. The summed E-state index contributed by atoms with van der Waals surface area (Å²) < 4.78 is 0.